The quantitative estimate of drug-likeness (QED) is 0.0195. The Labute approximate surface area is 341 Å². The third-order valence-corrected chi connectivity index (χ3v) is 11.6. The molecule has 0 spiro atoms. The molecule has 0 aromatic heterocycles. The highest BCUT2D eigenvalue weighted by Gasteiger charge is 2.57. The summed E-state index contributed by atoms with van der Waals surface area (Å²) in [6, 6.07) is 24.6. The van der Waals surface area contributed by atoms with Crippen LogP contribution in [0, 0.1) is 33.3 Å². The number of allylic oxidation sites excluding steroid dienone is 4. The van der Waals surface area contributed by atoms with Crippen molar-refractivity contribution in [3.05, 3.63) is 133 Å². The lowest BCUT2D eigenvalue weighted by molar-refractivity contribution is -0.439. The highest BCUT2D eigenvalue weighted by atomic mass is 35.5. The number of halogens is 2. The van der Waals surface area contributed by atoms with Gasteiger partial charge in [0.05, 0.1) is 37.9 Å². The number of hydrogen-bond acceptors (Lipinski definition) is 7. The van der Waals surface area contributed by atoms with Gasteiger partial charge < -0.3 is 14.7 Å². The first-order valence-corrected chi connectivity index (χ1v) is 19.2. The first-order valence-electron chi connectivity index (χ1n) is 18.4. The minimum atomic E-state index is -1.02. The molecule has 57 heavy (non-hydrogen) atoms. The van der Waals surface area contributed by atoms with Gasteiger partial charge in [-0.05, 0) is 75.2 Å². The molecule has 4 aromatic carbocycles. The van der Waals surface area contributed by atoms with Crippen LogP contribution in [0.15, 0.2) is 95.7 Å². The minimum Gasteiger partial charge on any atom is -0.481 e. The van der Waals surface area contributed by atoms with E-state index >= 15 is 0 Å². The topological polar surface area (TPSA) is 137 Å². The summed E-state index contributed by atoms with van der Waals surface area (Å²) >= 11 is 13.4. The lowest BCUT2D eigenvalue weighted by Gasteiger charge is -2.33. The van der Waals surface area contributed by atoms with Crippen molar-refractivity contribution in [3.8, 4) is 17.9 Å². The molecule has 12 heteroatoms. The molecule has 0 bridgehead atoms. The van der Waals surface area contributed by atoms with Gasteiger partial charge in [0.1, 0.15) is 18.2 Å². The maximum atomic E-state index is 12.2. The highest BCUT2D eigenvalue weighted by molar-refractivity contribution is 6.42. The number of nitrogens with zero attached hydrogens (tertiary/aromatic N) is 4. The van der Waals surface area contributed by atoms with Crippen molar-refractivity contribution in [2.75, 3.05) is 24.6 Å². The van der Waals surface area contributed by atoms with E-state index in [1.165, 1.54) is 12.1 Å². The van der Waals surface area contributed by atoms with Gasteiger partial charge in [0.15, 0.2) is 6.54 Å². The smallest absolute Gasteiger partial charge is 0.305 e. The SMILES string of the molecule is CC#CCC1(C)C(=C(C#N)C2=[N+](CCOC=O)c3c(ccc4ccccc34)C2(CC=C(C)C)Cc2ccc([N+](=O)[O-])cc2)N(CCC(=O)O)c2cc(Cl)c(Cl)cc21. The van der Waals surface area contributed by atoms with E-state index < -0.39 is 21.7 Å². The molecule has 0 saturated heterocycles. The standard InChI is InChI=1S/C45H40Cl2N4O6/c1-5-6-19-44(4)36-24-37(46)38(47)25-39(36)49(21-18-40(53)54)42(44)34(27-48)43-45(20-17-29(2)3,26-30-11-14-32(15-12-30)51(55)56)35-16-13-31-9-7-8-10-33(31)41(35)50(43)22-23-57-28-52/h7-17,24-25,28H,18-23,26H2,1-4H3/p+1. The summed E-state index contributed by atoms with van der Waals surface area (Å²) in [6.07, 6.45) is 2.88. The minimum absolute atomic E-state index is 0.00723. The average Bonchev–Trinajstić information content (AvgIpc) is 3.58. The Morgan fingerprint density at radius 2 is 1.79 bits per heavy atom. The number of carboxylic acid groups (broad SMARTS) is 1. The first-order chi connectivity index (χ1) is 27.3. The highest BCUT2D eigenvalue weighted by Crippen LogP contribution is 2.56. The number of nitriles is 1. The lowest BCUT2D eigenvalue weighted by Crippen LogP contribution is -2.42. The molecule has 0 fully saturated rings. The predicted molar refractivity (Wildman–Crippen MR) is 222 cm³/mol. The van der Waals surface area contributed by atoms with Crippen LogP contribution in [0.25, 0.3) is 10.8 Å². The van der Waals surface area contributed by atoms with Crippen LogP contribution < -0.4 is 4.90 Å². The van der Waals surface area contributed by atoms with E-state index in [4.69, 9.17) is 27.9 Å². The van der Waals surface area contributed by atoms with Crippen molar-refractivity contribution in [2.24, 2.45) is 0 Å². The van der Waals surface area contributed by atoms with Crippen molar-refractivity contribution in [1.29, 1.82) is 5.26 Å². The van der Waals surface area contributed by atoms with Crippen LogP contribution in [0.3, 0.4) is 0 Å². The molecular weight excluding hydrogens is 763 g/mol. The fraction of sp³-hybridized carbons (Fsp3) is 0.289. The van der Waals surface area contributed by atoms with Gasteiger partial charge >= 0.3 is 5.97 Å². The number of nitro groups is 1. The van der Waals surface area contributed by atoms with Gasteiger partial charge in [0, 0.05) is 41.8 Å². The maximum absolute atomic E-state index is 12.2. The molecule has 6 rings (SSSR count). The summed E-state index contributed by atoms with van der Waals surface area (Å²) in [7, 11) is 0. The third kappa shape index (κ3) is 7.51. The molecule has 0 amide bonds. The summed E-state index contributed by atoms with van der Waals surface area (Å²) in [4.78, 5) is 37.0. The molecule has 2 unspecified atom stereocenters. The van der Waals surface area contributed by atoms with E-state index in [0.29, 0.717) is 47.0 Å². The second-order valence-corrected chi connectivity index (χ2v) is 15.5. The van der Waals surface area contributed by atoms with E-state index in [1.807, 2.05) is 49.9 Å². The summed E-state index contributed by atoms with van der Waals surface area (Å²) in [6.45, 7) is 8.31. The Kier molecular flexibility index (Phi) is 11.9. The van der Waals surface area contributed by atoms with Gasteiger partial charge in [0.2, 0.25) is 11.4 Å². The average molecular weight is 805 g/mol. The molecular formula is C45H41Cl2N4O6+. The Bertz CT molecular complexity index is 2500. The number of carboxylic acids is 1. The zero-order chi connectivity index (χ0) is 41.1. The number of ether oxygens (including phenoxy) is 1. The molecule has 2 heterocycles. The van der Waals surface area contributed by atoms with E-state index in [0.717, 1.165) is 38.7 Å². The third-order valence-electron chi connectivity index (χ3n) is 10.9. The number of fused-ring (bicyclic) bond motifs is 4. The molecule has 0 saturated carbocycles. The van der Waals surface area contributed by atoms with Crippen LogP contribution in [0.5, 0.6) is 0 Å². The van der Waals surface area contributed by atoms with Crippen molar-refractivity contribution in [3.63, 3.8) is 0 Å². The Balaban J connectivity index is 1.82. The van der Waals surface area contributed by atoms with Crippen LogP contribution in [0.2, 0.25) is 10.0 Å². The molecule has 10 nitrogen and oxygen atoms in total. The zero-order valence-corrected chi connectivity index (χ0v) is 33.6. The number of nitro benzene ring substituents is 1. The number of aliphatic carboxylic acids is 1. The van der Waals surface area contributed by atoms with Crippen molar-refractivity contribution < 1.29 is 28.9 Å². The number of carbonyl (C=O) groups is 2. The largest absolute Gasteiger partial charge is 0.481 e. The van der Waals surface area contributed by atoms with Crippen molar-refractivity contribution in [2.45, 2.75) is 64.2 Å². The first kappa shape index (κ1) is 40.7. The number of benzene rings is 4. The van der Waals surface area contributed by atoms with Gasteiger partial charge in [-0.25, -0.2) is 0 Å². The molecule has 290 valence electrons. The molecule has 0 radical (unpaired) electrons. The summed E-state index contributed by atoms with van der Waals surface area (Å²) in [5.41, 5.74) is 4.40. The number of rotatable bonds is 14. The predicted octanol–water partition coefficient (Wildman–Crippen LogP) is 9.61. The van der Waals surface area contributed by atoms with Crippen molar-refractivity contribution in [1.82, 2.24) is 0 Å². The lowest BCUT2D eigenvalue weighted by atomic mass is 9.66. The van der Waals surface area contributed by atoms with Crippen LogP contribution in [-0.4, -0.2) is 52.5 Å². The fourth-order valence-electron chi connectivity index (χ4n) is 8.40. The number of carbonyl (C=O) groups excluding carboxylic acids is 1. The number of anilines is 1. The van der Waals surface area contributed by atoms with E-state index in [-0.39, 0.29) is 43.2 Å². The van der Waals surface area contributed by atoms with Crippen LogP contribution in [0.4, 0.5) is 17.1 Å². The molecule has 4 aromatic rings. The normalized spacial score (nSPS) is 18.9. The Morgan fingerprint density at radius 3 is 2.44 bits per heavy atom. The Morgan fingerprint density at radius 1 is 1.07 bits per heavy atom. The zero-order valence-electron chi connectivity index (χ0n) is 32.1. The molecule has 2 atom stereocenters. The van der Waals surface area contributed by atoms with Gasteiger partial charge in [-0.3, -0.25) is 19.7 Å². The summed E-state index contributed by atoms with van der Waals surface area (Å²) < 4.78 is 7.42. The van der Waals surface area contributed by atoms with E-state index in [2.05, 4.69) is 40.7 Å². The van der Waals surface area contributed by atoms with E-state index in [9.17, 15) is 30.1 Å². The van der Waals surface area contributed by atoms with Crippen molar-refractivity contribution >= 4 is 69.2 Å². The van der Waals surface area contributed by atoms with Crippen LogP contribution in [0.1, 0.15) is 63.6 Å². The molecule has 1 N–H and O–H groups in total. The number of non-ortho nitro benzene ring substituents is 1. The van der Waals surface area contributed by atoms with Crippen LogP contribution >= 0.6 is 23.2 Å². The summed E-state index contributed by atoms with van der Waals surface area (Å²) in [5, 5.41) is 36.0. The Hall–Kier alpha value is -5.94. The number of hydrogen-bond donors (Lipinski definition) is 1. The van der Waals surface area contributed by atoms with Gasteiger partial charge in [-0.2, -0.15) is 9.84 Å². The molecule has 0 aliphatic carbocycles. The van der Waals surface area contributed by atoms with Gasteiger partial charge in [-0.1, -0.05) is 77.3 Å². The summed E-state index contributed by atoms with van der Waals surface area (Å²) in [5.74, 6) is 5.23. The fourth-order valence-corrected chi connectivity index (χ4v) is 8.72. The molecule has 2 aliphatic rings. The van der Waals surface area contributed by atoms with Gasteiger partial charge in [-0.15, -0.1) is 11.8 Å². The second kappa shape index (κ2) is 16.7. The van der Waals surface area contributed by atoms with E-state index in [1.54, 1.807) is 31.2 Å². The second-order valence-electron chi connectivity index (χ2n) is 14.7. The van der Waals surface area contributed by atoms with Gasteiger partial charge in [0.25, 0.3) is 12.2 Å². The van der Waals surface area contributed by atoms with Crippen LogP contribution in [-0.2, 0) is 31.6 Å². The molecule has 2 aliphatic heterocycles. The monoisotopic (exact) mass is 803 g/mol. The maximum Gasteiger partial charge on any atom is 0.305 e.